The molecule has 3 heteroatoms. The Hall–Kier alpha value is -2.06. The topological polar surface area (TPSA) is 26.3 Å². The molecule has 0 atom stereocenters. The normalized spacial score (nSPS) is 10.7. The molecule has 0 N–H and O–H groups in total. The van der Waals surface area contributed by atoms with E-state index in [1.165, 1.54) is 0 Å². The largest absolute Gasteiger partial charge is 0.494 e. The van der Waals surface area contributed by atoms with Crippen LogP contribution in [0.1, 0.15) is 22.8 Å². The van der Waals surface area contributed by atoms with E-state index < -0.39 is 0 Å². The van der Waals surface area contributed by atoms with Gasteiger partial charge in [-0.1, -0.05) is 41.9 Å². The lowest BCUT2D eigenvalue weighted by atomic mass is 10.1. The number of ether oxygens (including phenoxy) is 1. The fourth-order valence-electron chi connectivity index (χ4n) is 1.75. The molecular weight excluding hydrogens is 272 g/mol. The highest BCUT2D eigenvalue weighted by atomic mass is 35.5. The van der Waals surface area contributed by atoms with Crippen LogP contribution in [-0.4, -0.2) is 12.4 Å². The minimum absolute atomic E-state index is 0.0682. The van der Waals surface area contributed by atoms with Gasteiger partial charge < -0.3 is 4.74 Å². The Kier molecular flexibility index (Phi) is 4.97. The van der Waals surface area contributed by atoms with E-state index in [4.69, 9.17) is 16.3 Å². The molecule has 2 rings (SSSR count). The number of hydrogen-bond donors (Lipinski definition) is 0. The molecule has 20 heavy (non-hydrogen) atoms. The molecular formula is C17H15ClO2. The molecule has 0 radical (unpaired) electrons. The summed E-state index contributed by atoms with van der Waals surface area (Å²) in [5.74, 6) is 0.757. The van der Waals surface area contributed by atoms with Crippen LogP contribution in [0.5, 0.6) is 5.75 Å². The van der Waals surface area contributed by atoms with E-state index in [1.54, 1.807) is 36.4 Å². The van der Waals surface area contributed by atoms with E-state index in [0.29, 0.717) is 17.2 Å². The summed E-state index contributed by atoms with van der Waals surface area (Å²) >= 11 is 5.86. The quantitative estimate of drug-likeness (QED) is 0.591. The van der Waals surface area contributed by atoms with Crippen LogP contribution in [-0.2, 0) is 0 Å². The Balaban J connectivity index is 2.07. The molecule has 0 saturated carbocycles. The summed E-state index contributed by atoms with van der Waals surface area (Å²) in [7, 11) is 0. The minimum atomic E-state index is -0.0682. The first kappa shape index (κ1) is 14.4. The number of benzene rings is 2. The third kappa shape index (κ3) is 3.97. The van der Waals surface area contributed by atoms with Gasteiger partial charge in [-0.25, -0.2) is 0 Å². The molecule has 0 spiro atoms. The summed E-state index contributed by atoms with van der Waals surface area (Å²) in [6.07, 6.45) is 3.32. The van der Waals surface area contributed by atoms with Crippen LogP contribution >= 0.6 is 11.6 Å². The van der Waals surface area contributed by atoms with E-state index in [1.807, 2.05) is 31.2 Å². The molecule has 2 aromatic carbocycles. The molecule has 0 aliphatic heterocycles. The van der Waals surface area contributed by atoms with Crippen LogP contribution in [0, 0.1) is 0 Å². The van der Waals surface area contributed by atoms with E-state index in [9.17, 15) is 4.79 Å². The first-order chi connectivity index (χ1) is 9.69. The number of halogens is 1. The van der Waals surface area contributed by atoms with Crippen molar-refractivity contribution in [2.24, 2.45) is 0 Å². The molecule has 2 nitrogen and oxygen atoms in total. The van der Waals surface area contributed by atoms with Crippen LogP contribution in [0.2, 0.25) is 5.02 Å². The molecule has 0 aliphatic rings. The van der Waals surface area contributed by atoms with Gasteiger partial charge in [-0.3, -0.25) is 4.79 Å². The Morgan fingerprint density at radius 1 is 1.20 bits per heavy atom. The molecule has 0 heterocycles. The van der Waals surface area contributed by atoms with Crippen LogP contribution in [0.4, 0.5) is 0 Å². The van der Waals surface area contributed by atoms with Gasteiger partial charge in [0.2, 0.25) is 0 Å². The third-order valence-corrected chi connectivity index (χ3v) is 2.96. The van der Waals surface area contributed by atoms with Crippen molar-refractivity contribution < 1.29 is 9.53 Å². The van der Waals surface area contributed by atoms with Gasteiger partial charge in [0.05, 0.1) is 6.61 Å². The summed E-state index contributed by atoms with van der Waals surface area (Å²) in [6, 6.07) is 14.5. The van der Waals surface area contributed by atoms with E-state index in [0.717, 1.165) is 11.3 Å². The maximum atomic E-state index is 12.0. The zero-order chi connectivity index (χ0) is 14.4. The lowest BCUT2D eigenvalue weighted by molar-refractivity contribution is 0.104. The van der Waals surface area contributed by atoms with Crippen molar-refractivity contribution in [2.45, 2.75) is 6.92 Å². The van der Waals surface area contributed by atoms with Crippen molar-refractivity contribution in [3.63, 3.8) is 0 Å². The highest BCUT2D eigenvalue weighted by molar-refractivity contribution is 6.31. The van der Waals surface area contributed by atoms with Gasteiger partial charge in [0.15, 0.2) is 5.78 Å². The van der Waals surface area contributed by atoms with E-state index in [2.05, 4.69) is 0 Å². The highest BCUT2D eigenvalue weighted by Crippen LogP contribution is 2.15. The Morgan fingerprint density at radius 2 is 1.95 bits per heavy atom. The van der Waals surface area contributed by atoms with Gasteiger partial charge in [-0.05, 0) is 42.8 Å². The zero-order valence-corrected chi connectivity index (χ0v) is 11.9. The average Bonchev–Trinajstić information content (AvgIpc) is 2.46. The molecule has 0 saturated heterocycles. The van der Waals surface area contributed by atoms with Crippen molar-refractivity contribution in [1.82, 2.24) is 0 Å². The number of hydrogen-bond acceptors (Lipinski definition) is 2. The standard InChI is InChI=1S/C17H15ClO2/c1-2-20-16-9-6-13(7-10-16)8-11-17(19)14-4-3-5-15(18)12-14/h3-12H,2H2,1H3/b11-8+. The predicted octanol–water partition coefficient (Wildman–Crippen LogP) is 4.63. The number of carbonyl (C=O) groups is 1. The van der Waals surface area contributed by atoms with Crippen LogP contribution in [0.15, 0.2) is 54.6 Å². The fraction of sp³-hybridized carbons (Fsp3) is 0.118. The van der Waals surface area contributed by atoms with Gasteiger partial charge >= 0.3 is 0 Å². The van der Waals surface area contributed by atoms with Crippen molar-refractivity contribution in [3.8, 4) is 5.75 Å². The van der Waals surface area contributed by atoms with Crippen molar-refractivity contribution in [3.05, 3.63) is 70.8 Å². The summed E-state index contributed by atoms with van der Waals surface area (Å²) in [5, 5.41) is 0.560. The molecule has 0 bridgehead atoms. The molecule has 0 amide bonds. The highest BCUT2D eigenvalue weighted by Gasteiger charge is 2.01. The minimum Gasteiger partial charge on any atom is -0.494 e. The number of ketones is 1. The van der Waals surface area contributed by atoms with Crippen LogP contribution < -0.4 is 4.74 Å². The summed E-state index contributed by atoms with van der Waals surface area (Å²) < 4.78 is 5.36. The maximum absolute atomic E-state index is 12.0. The smallest absolute Gasteiger partial charge is 0.185 e. The van der Waals surface area contributed by atoms with Gasteiger partial charge in [-0.15, -0.1) is 0 Å². The third-order valence-electron chi connectivity index (χ3n) is 2.73. The first-order valence-electron chi connectivity index (χ1n) is 6.40. The molecule has 2 aromatic rings. The summed E-state index contributed by atoms with van der Waals surface area (Å²) in [4.78, 5) is 12.0. The van der Waals surface area contributed by atoms with Crippen molar-refractivity contribution in [2.75, 3.05) is 6.61 Å². The Morgan fingerprint density at radius 3 is 2.60 bits per heavy atom. The lowest BCUT2D eigenvalue weighted by Gasteiger charge is -2.02. The Labute approximate surface area is 123 Å². The average molecular weight is 287 g/mol. The number of allylic oxidation sites excluding steroid dienone is 1. The molecule has 102 valence electrons. The van der Waals surface area contributed by atoms with Gasteiger partial charge in [0, 0.05) is 10.6 Å². The second kappa shape index (κ2) is 6.92. The SMILES string of the molecule is CCOc1ccc(/C=C/C(=O)c2cccc(Cl)c2)cc1. The summed E-state index contributed by atoms with van der Waals surface area (Å²) in [6.45, 7) is 2.58. The second-order valence-electron chi connectivity index (χ2n) is 4.21. The van der Waals surface area contributed by atoms with Gasteiger partial charge in [0.25, 0.3) is 0 Å². The zero-order valence-electron chi connectivity index (χ0n) is 11.2. The summed E-state index contributed by atoms with van der Waals surface area (Å²) in [5.41, 5.74) is 1.53. The fourth-order valence-corrected chi connectivity index (χ4v) is 1.94. The van der Waals surface area contributed by atoms with Crippen LogP contribution in [0.25, 0.3) is 6.08 Å². The maximum Gasteiger partial charge on any atom is 0.185 e. The first-order valence-corrected chi connectivity index (χ1v) is 6.77. The molecule has 0 fully saturated rings. The van der Waals surface area contributed by atoms with E-state index >= 15 is 0 Å². The van der Waals surface area contributed by atoms with Gasteiger partial charge in [0.1, 0.15) is 5.75 Å². The molecule has 0 aliphatic carbocycles. The Bertz CT molecular complexity index is 615. The molecule has 0 unspecified atom stereocenters. The van der Waals surface area contributed by atoms with Crippen molar-refractivity contribution in [1.29, 1.82) is 0 Å². The monoisotopic (exact) mass is 286 g/mol. The van der Waals surface area contributed by atoms with E-state index in [-0.39, 0.29) is 5.78 Å². The number of rotatable bonds is 5. The predicted molar refractivity (Wildman–Crippen MR) is 82.4 cm³/mol. The molecule has 0 aromatic heterocycles. The second-order valence-corrected chi connectivity index (χ2v) is 4.65. The lowest BCUT2D eigenvalue weighted by Crippen LogP contribution is -1.93. The number of carbonyl (C=O) groups excluding carboxylic acids is 1. The van der Waals surface area contributed by atoms with Gasteiger partial charge in [-0.2, -0.15) is 0 Å². The van der Waals surface area contributed by atoms with Crippen molar-refractivity contribution >= 4 is 23.5 Å². The van der Waals surface area contributed by atoms with Crippen LogP contribution in [0.3, 0.4) is 0 Å².